The zero-order valence-corrected chi connectivity index (χ0v) is 9.58. The van der Waals surface area contributed by atoms with Gasteiger partial charge in [0.05, 0.1) is 17.6 Å². The van der Waals surface area contributed by atoms with E-state index in [9.17, 15) is 0 Å². The van der Waals surface area contributed by atoms with Crippen LogP contribution in [-0.2, 0) is 5.88 Å². The van der Waals surface area contributed by atoms with E-state index < -0.39 is 0 Å². The molecule has 2 aliphatic rings. The molecule has 1 aromatic heterocycles. The maximum atomic E-state index is 5.93. The number of alkyl halides is 1. The first-order chi connectivity index (χ1) is 7.40. The highest BCUT2D eigenvalue weighted by molar-refractivity contribution is 6.16. The van der Waals surface area contributed by atoms with Crippen molar-refractivity contribution in [1.82, 2.24) is 15.0 Å². The van der Waals surface area contributed by atoms with Crippen molar-refractivity contribution in [1.29, 1.82) is 0 Å². The van der Waals surface area contributed by atoms with Crippen LogP contribution in [-0.4, -0.2) is 15.0 Å². The van der Waals surface area contributed by atoms with Crippen LogP contribution in [0.1, 0.15) is 61.9 Å². The molecule has 0 bridgehead atoms. The van der Waals surface area contributed by atoms with Gasteiger partial charge in [-0.2, -0.15) is 0 Å². The molecule has 82 valence electrons. The lowest BCUT2D eigenvalue weighted by Gasteiger charge is -2.12. The van der Waals surface area contributed by atoms with Gasteiger partial charge in [-0.25, -0.2) is 4.68 Å². The third kappa shape index (κ3) is 1.67. The number of nitrogens with zero attached hydrogens (tertiary/aromatic N) is 3. The quantitative estimate of drug-likeness (QED) is 0.741. The Hall–Kier alpha value is -0.570. The topological polar surface area (TPSA) is 30.7 Å². The van der Waals surface area contributed by atoms with Crippen molar-refractivity contribution >= 4 is 11.6 Å². The van der Waals surface area contributed by atoms with Crippen LogP contribution < -0.4 is 0 Å². The van der Waals surface area contributed by atoms with Gasteiger partial charge in [-0.3, -0.25) is 0 Å². The van der Waals surface area contributed by atoms with Crippen LogP contribution in [0.2, 0.25) is 0 Å². The van der Waals surface area contributed by atoms with E-state index in [1.807, 2.05) is 0 Å². The van der Waals surface area contributed by atoms with Crippen LogP contribution in [0.4, 0.5) is 0 Å². The molecule has 2 saturated carbocycles. The molecule has 3 rings (SSSR count). The van der Waals surface area contributed by atoms with E-state index in [4.69, 9.17) is 11.6 Å². The molecule has 0 radical (unpaired) electrons. The molecule has 0 unspecified atom stereocenters. The van der Waals surface area contributed by atoms with Crippen molar-refractivity contribution in [3.63, 3.8) is 0 Å². The van der Waals surface area contributed by atoms with E-state index in [0.29, 0.717) is 17.8 Å². The van der Waals surface area contributed by atoms with Gasteiger partial charge >= 0.3 is 0 Å². The predicted octanol–water partition coefficient (Wildman–Crippen LogP) is 3.01. The van der Waals surface area contributed by atoms with Crippen LogP contribution in [0, 0.1) is 0 Å². The molecular formula is C11H16ClN3. The fourth-order valence-corrected chi connectivity index (χ4v) is 2.83. The van der Waals surface area contributed by atoms with E-state index in [-0.39, 0.29) is 0 Å². The molecule has 3 nitrogen and oxygen atoms in total. The first-order valence-corrected chi connectivity index (χ1v) is 6.43. The minimum absolute atomic E-state index is 0.512. The van der Waals surface area contributed by atoms with Gasteiger partial charge in [0.15, 0.2) is 0 Å². The lowest BCUT2D eigenvalue weighted by molar-refractivity contribution is 0.544. The predicted molar refractivity (Wildman–Crippen MR) is 59.1 cm³/mol. The van der Waals surface area contributed by atoms with Gasteiger partial charge in [-0.05, 0) is 25.7 Å². The highest BCUT2D eigenvalue weighted by atomic mass is 35.5. The van der Waals surface area contributed by atoms with Crippen molar-refractivity contribution < 1.29 is 0 Å². The summed E-state index contributed by atoms with van der Waals surface area (Å²) in [5.41, 5.74) is 2.38. The second-order valence-electron chi connectivity index (χ2n) is 4.71. The number of hydrogen-bond donors (Lipinski definition) is 0. The third-order valence-electron chi connectivity index (χ3n) is 3.57. The molecule has 2 fully saturated rings. The Labute approximate surface area is 94.8 Å². The minimum atomic E-state index is 0.512. The lowest BCUT2D eigenvalue weighted by Crippen LogP contribution is -2.07. The van der Waals surface area contributed by atoms with Crippen LogP contribution in [0.25, 0.3) is 0 Å². The molecule has 0 atom stereocenters. The standard InChI is InChI=1S/C11H16ClN3/c12-7-10-11(8-3-1-2-4-8)15(14-13-10)9-5-6-9/h8-9H,1-7H2. The van der Waals surface area contributed by atoms with Crippen LogP contribution in [0.3, 0.4) is 0 Å². The van der Waals surface area contributed by atoms with Crippen molar-refractivity contribution in [3.8, 4) is 0 Å². The highest BCUT2D eigenvalue weighted by Gasteiger charge is 2.32. The van der Waals surface area contributed by atoms with Gasteiger partial charge in [0.1, 0.15) is 5.69 Å². The largest absolute Gasteiger partial charge is 0.246 e. The van der Waals surface area contributed by atoms with Gasteiger partial charge in [-0.15, -0.1) is 16.7 Å². The molecule has 0 N–H and O–H groups in total. The van der Waals surface area contributed by atoms with Crippen molar-refractivity contribution in [3.05, 3.63) is 11.4 Å². The molecule has 4 heteroatoms. The Morgan fingerprint density at radius 3 is 2.53 bits per heavy atom. The zero-order chi connectivity index (χ0) is 10.3. The average molecular weight is 226 g/mol. The highest BCUT2D eigenvalue weighted by Crippen LogP contribution is 2.41. The number of hydrogen-bond acceptors (Lipinski definition) is 2. The van der Waals surface area contributed by atoms with Gasteiger partial charge in [-0.1, -0.05) is 18.1 Å². The summed E-state index contributed by atoms with van der Waals surface area (Å²) in [6.45, 7) is 0. The lowest BCUT2D eigenvalue weighted by atomic mass is 10.0. The van der Waals surface area contributed by atoms with Crippen molar-refractivity contribution in [2.24, 2.45) is 0 Å². The Morgan fingerprint density at radius 2 is 1.93 bits per heavy atom. The summed E-state index contributed by atoms with van der Waals surface area (Å²) in [7, 11) is 0. The molecule has 1 heterocycles. The SMILES string of the molecule is ClCc1nnn(C2CC2)c1C1CCCC1. The summed E-state index contributed by atoms with van der Waals surface area (Å²) in [6.07, 6.45) is 7.83. The minimum Gasteiger partial charge on any atom is -0.246 e. The van der Waals surface area contributed by atoms with Gasteiger partial charge < -0.3 is 0 Å². The Morgan fingerprint density at radius 1 is 1.20 bits per heavy atom. The Balaban J connectivity index is 1.96. The van der Waals surface area contributed by atoms with E-state index in [0.717, 1.165) is 5.69 Å². The van der Waals surface area contributed by atoms with Crippen LogP contribution in [0.5, 0.6) is 0 Å². The second kappa shape index (κ2) is 3.78. The normalized spacial score (nSPS) is 22.5. The van der Waals surface area contributed by atoms with E-state index >= 15 is 0 Å². The van der Waals surface area contributed by atoms with Crippen molar-refractivity contribution in [2.45, 2.75) is 56.4 Å². The molecule has 0 aromatic carbocycles. The van der Waals surface area contributed by atoms with Crippen molar-refractivity contribution in [2.75, 3.05) is 0 Å². The second-order valence-corrected chi connectivity index (χ2v) is 4.98. The number of halogens is 1. The maximum Gasteiger partial charge on any atom is 0.101 e. The Kier molecular flexibility index (Phi) is 2.43. The van der Waals surface area contributed by atoms with Gasteiger partial charge in [0.25, 0.3) is 0 Å². The fourth-order valence-electron chi connectivity index (χ4n) is 2.64. The smallest absolute Gasteiger partial charge is 0.101 e. The summed E-state index contributed by atoms with van der Waals surface area (Å²) in [4.78, 5) is 0. The van der Waals surface area contributed by atoms with E-state index in [1.54, 1.807) is 0 Å². The zero-order valence-electron chi connectivity index (χ0n) is 8.82. The molecule has 2 aliphatic carbocycles. The molecule has 0 spiro atoms. The third-order valence-corrected chi connectivity index (χ3v) is 3.82. The Bertz CT molecular complexity index is 351. The molecule has 0 saturated heterocycles. The summed E-state index contributed by atoms with van der Waals surface area (Å²) in [5.74, 6) is 1.19. The summed E-state index contributed by atoms with van der Waals surface area (Å²) >= 11 is 5.93. The molecule has 0 amide bonds. The summed E-state index contributed by atoms with van der Waals surface area (Å²) in [6, 6.07) is 0.630. The first-order valence-electron chi connectivity index (χ1n) is 5.90. The number of aromatic nitrogens is 3. The summed E-state index contributed by atoms with van der Waals surface area (Å²) in [5, 5.41) is 8.50. The van der Waals surface area contributed by atoms with E-state index in [2.05, 4.69) is 15.0 Å². The van der Waals surface area contributed by atoms with Crippen LogP contribution >= 0.6 is 11.6 Å². The summed E-state index contributed by atoms with van der Waals surface area (Å²) < 4.78 is 2.16. The molecule has 0 aliphatic heterocycles. The number of rotatable bonds is 3. The van der Waals surface area contributed by atoms with E-state index in [1.165, 1.54) is 44.2 Å². The first kappa shape index (κ1) is 9.64. The molecule has 1 aromatic rings. The van der Waals surface area contributed by atoms with Crippen LogP contribution in [0.15, 0.2) is 0 Å². The monoisotopic (exact) mass is 225 g/mol. The molecular weight excluding hydrogens is 210 g/mol. The van der Waals surface area contributed by atoms with Gasteiger partial charge in [0.2, 0.25) is 0 Å². The van der Waals surface area contributed by atoms with Gasteiger partial charge in [0, 0.05) is 5.92 Å². The maximum absolute atomic E-state index is 5.93. The fraction of sp³-hybridized carbons (Fsp3) is 0.818. The average Bonchev–Trinajstić information content (AvgIpc) is 2.83. The molecule has 15 heavy (non-hydrogen) atoms.